The van der Waals surface area contributed by atoms with Gasteiger partial charge < -0.3 is 20.7 Å². The standard InChI is InChI=1S/C15H17FN4O2/c16-9-3-4-11(13(21)6-9)12-8-20(15(22)14(17)19-12)10-2-1-5-18-7-10/h3-4,6,8,10,18,21H,1-2,5,7H2,(H2,17,19). The van der Waals surface area contributed by atoms with Gasteiger partial charge in [-0.3, -0.25) is 4.79 Å². The lowest BCUT2D eigenvalue weighted by Crippen LogP contribution is -2.37. The Morgan fingerprint density at radius 2 is 2.27 bits per heavy atom. The van der Waals surface area contributed by atoms with Crippen molar-refractivity contribution in [1.82, 2.24) is 14.9 Å². The lowest BCUT2D eigenvalue weighted by atomic mass is 10.1. The van der Waals surface area contributed by atoms with Crippen LogP contribution in [-0.2, 0) is 0 Å². The van der Waals surface area contributed by atoms with Crippen LogP contribution in [-0.4, -0.2) is 27.7 Å². The van der Waals surface area contributed by atoms with E-state index in [0.29, 0.717) is 17.8 Å². The molecule has 2 aromatic rings. The molecule has 0 spiro atoms. The van der Waals surface area contributed by atoms with Gasteiger partial charge >= 0.3 is 0 Å². The Bertz CT molecular complexity index is 754. The summed E-state index contributed by atoms with van der Waals surface area (Å²) in [5.41, 5.74) is 6.06. The first kappa shape index (κ1) is 14.5. The molecule has 116 valence electrons. The molecule has 1 fully saturated rings. The lowest BCUT2D eigenvalue weighted by molar-refractivity contribution is 0.364. The van der Waals surface area contributed by atoms with Crippen LogP contribution in [0.2, 0.25) is 0 Å². The first-order chi connectivity index (χ1) is 10.6. The number of aromatic hydroxyl groups is 1. The molecule has 2 heterocycles. The molecular weight excluding hydrogens is 287 g/mol. The van der Waals surface area contributed by atoms with Crippen molar-refractivity contribution in [2.45, 2.75) is 18.9 Å². The predicted molar refractivity (Wildman–Crippen MR) is 81.1 cm³/mol. The first-order valence-corrected chi connectivity index (χ1v) is 7.14. The third kappa shape index (κ3) is 2.67. The summed E-state index contributed by atoms with van der Waals surface area (Å²) in [6, 6.07) is 3.64. The highest BCUT2D eigenvalue weighted by molar-refractivity contribution is 5.66. The topological polar surface area (TPSA) is 93.2 Å². The summed E-state index contributed by atoms with van der Waals surface area (Å²) in [7, 11) is 0. The number of rotatable bonds is 2. The fraction of sp³-hybridized carbons (Fsp3) is 0.333. The Balaban J connectivity index is 2.09. The number of hydrogen-bond acceptors (Lipinski definition) is 5. The van der Waals surface area contributed by atoms with Crippen LogP contribution in [0, 0.1) is 5.82 Å². The number of anilines is 1. The van der Waals surface area contributed by atoms with Gasteiger partial charge in [-0.1, -0.05) is 0 Å². The van der Waals surface area contributed by atoms with Crippen LogP contribution >= 0.6 is 0 Å². The molecule has 7 heteroatoms. The zero-order chi connectivity index (χ0) is 15.7. The van der Waals surface area contributed by atoms with Crippen molar-refractivity contribution < 1.29 is 9.50 Å². The van der Waals surface area contributed by atoms with Crippen LogP contribution < -0.4 is 16.6 Å². The van der Waals surface area contributed by atoms with Gasteiger partial charge in [0.1, 0.15) is 11.6 Å². The fourth-order valence-electron chi connectivity index (χ4n) is 2.72. The number of aromatic nitrogens is 2. The van der Waals surface area contributed by atoms with Gasteiger partial charge in [0.2, 0.25) is 0 Å². The number of hydrogen-bond donors (Lipinski definition) is 3. The number of nitrogen functional groups attached to an aromatic ring is 1. The van der Waals surface area contributed by atoms with E-state index in [1.54, 1.807) is 10.8 Å². The van der Waals surface area contributed by atoms with Crippen LogP contribution in [0.3, 0.4) is 0 Å². The minimum atomic E-state index is -0.543. The molecule has 0 radical (unpaired) electrons. The van der Waals surface area contributed by atoms with Gasteiger partial charge in [0, 0.05) is 30.4 Å². The highest BCUT2D eigenvalue weighted by atomic mass is 19.1. The molecule has 1 atom stereocenters. The van der Waals surface area contributed by atoms with E-state index >= 15 is 0 Å². The molecule has 1 aromatic heterocycles. The Kier molecular flexibility index (Phi) is 3.81. The number of nitrogens with zero attached hydrogens (tertiary/aromatic N) is 2. The van der Waals surface area contributed by atoms with E-state index in [9.17, 15) is 14.3 Å². The molecular formula is C15H17FN4O2. The van der Waals surface area contributed by atoms with Crippen molar-refractivity contribution >= 4 is 5.82 Å². The molecule has 1 saturated heterocycles. The molecule has 0 saturated carbocycles. The Morgan fingerprint density at radius 1 is 1.45 bits per heavy atom. The van der Waals surface area contributed by atoms with Gasteiger partial charge in [-0.2, -0.15) is 0 Å². The van der Waals surface area contributed by atoms with Crippen molar-refractivity contribution in [2.75, 3.05) is 18.8 Å². The summed E-state index contributed by atoms with van der Waals surface area (Å²) in [6.07, 6.45) is 3.41. The van der Waals surface area contributed by atoms with E-state index in [4.69, 9.17) is 5.73 Å². The van der Waals surface area contributed by atoms with E-state index in [1.807, 2.05) is 0 Å². The fourth-order valence-corrected chi connectivity index (χ4v) is 2.72. The van der Waals surface area contributed by atoms with Crippen molar-refractivity contribution in [3.05, 3.63) is 40.6 Å². The molecule has 6 nitrogen and oxygen atoms in total. The predicted octanol–water partition coefficient (Wildman–Crippen LogP) is 1.26. The van der Waals surface area contributed by atoms with Crippen molar-refractivity contribution in [1.29, 1.82) is 0 Å². The maximum absolute atomic E-state index is 13.1. The summed E-state index contributed by atoms with van der Waals surface area (Å²) < 4.78 is 14.7. The first-order valence-electron chi connectivity index (χ1n) is 7.14. The zero-order valence-electron chi connectivity index (χ0n) is 11.9. The van der Waals surface area contributed by atoms with Crippen LogP contribution in [0.4, 0.5) is 10.2 Å². The smallest absolute Gasteiger partial charge is 0.293 e. The average Bonchev–Trinajstić information content (AvgIpc) is 2.51. The second-order valence-corrected chi connectivity index (χ2v) is 5.39. The van der Waals surface area contributed by atoms with Gasteiger partial charge in [-0.25, -0.2) is 9.37 Å². The minimum absolute atomic E-state index is 0.00658. The van der Waals surface area contributed by atoms with E-state index in [1.165, 1.54) is 12.1 Å². The molecule has 3 rings (SSSR count). The van der Waals surface area contributed by atoms with Gasteiger partial charge in [0.25, 0.3) is 5.56 Å². The molecule has 1 aliphatic rings. The van der Waals surface area contributed by atoms with Crippen LogP contribution in [0.15, 0.2) is 29.2 Å². The summed E-state index contributed by atoms with van der Waals surface area (Å²) in [6.45, 7) is 1.61. The van der Waals surface area contributed by atoms with E-state index < -0.39 is 5.82 Å². The van der Waals surface area contributed by atoms with Crippen LogP contribution in [0.25, 0.3) is 11.3 Å². The quantitative estimate of drug-likeness (QED) is 0.776. The SMILES string of the molecule is Nc1nc(-c2ccc(F)cc2O)cn(C2CCCNC2)c1=O. The summed E-state index contributed by atoms with van der Waals surface area (Å²) in [5, 5.41) is 13.1. The third-order valence-corrected chi connectivity index (χ3v) is 3.86. The molecule has 22 heavy (non-hydrogen) atoms. The van der Waals surface area contributed by atoms with E-state index in [0.717, 1.165) is 25.5 Å². The number of phenols is 1. The van der Waals surface area contributed by atoms with Gasteiger partial charge in [-0.05, 0) is 31.5 Å². The second kappa shape index (κ2) is 5.76. The molecule has 0 bridgehead atoms. The van der Waals surface area contributed by atoms with Gasteiger partial charge in [0.05, 0.1) is 5.69 Å². The van der Waals surface area contributed by atoms with Crippen molar-refractivity contribution in [2.24, 2.45) is 0 Å². The normalized spacial score (nSPS) is 18.3. The highest BCUT2D eigenvalue weighted by Gasteiger charge is 2.19. The number of phenolic OH excluding ortho intramolecular Hbond substituents is 1. The van der Waals surface area contributed by atoms with Gasteiger partial charge in [0.15, 0.2) is 5.82 Å². The van der Waals surface area contributed by atoms with Crippen LogP contribution in [0.1, 0.15) is 18.9 Å². The summed E-state index contributed by atoms with van der Waals surface area (Å²) >= 11 is 0. The van der Waals surface area contributed by atoms with E-state index in [-0.39, 0.29) is 23.2 Å². The van der Waals surface area contributed by atoms with Gasteiger partial charge in [-0.15, -0.1) is 0 Å². The molecule has 4 N–H and O–H groups in total. The Morgan fingerprint density at radius 3 is 2.95 bits per heavy atom. The average molecular weight is 304 g/mol. The Labute approximate surface area is 126 Å². The number of halogens is 1. The number of nitrogens with one attached hydrogen (secondary N) is 1. The molecule has 1 unspecified atom stereocenters. The minimum Gasteiger partial charge on any atom is -0.507 e. The third-order valence-electron chi connectivity index (χ3n) is 3.86. The highest BCUT2D eigenvalue weighted by Crippen LogP contribution is 2.29. The number of nitrogens with two attached hydrogens (primary N) is 1. The maximum atomic E-state index is 13.1. The van der Waals surface area contributed by atoms with Crippen molar-refractivity contribution in [3.8, 4) is 17.0 Å². The molecule has 1 aliphatic heterocycles. The summed E-state index contributed by atoms with van der Waals surface area (Å²) in [5.74, 6) is -0.912. The maximum Gasteiger partial charge on any atom is 0.293 e. The lowest BCUT2D eigenvalue weighted by Gasteiger charge is -2.25. The van der Waals surface area contributed by atoms with Crippen molar-refractivity contribution in [3.63, 3.8) is 0 Å². The molecule has 0 amide bonds. The van der Waals surface area contributed by atoms with Crippen LogP contribution in [0.5, 0.6) is 5.75 Å². The number of benzene rings is 1. The van der Waals surface area contributed by atoms with E-state index in [2.05, 4.69) is 10.3 Å². The number of piperidine rings is 1. The Hall–Kier alpha value is -2.41. The molecule has 0 aliphatic carbocycles. The second-order valence-electron chi connectivity index (χ2n) is 5.39. The zero-order valence-corrected chi connectivity index (χ0v) is 11.9. The monoisotopic (exact) mass is 304 g/mol. The largest absolute Gasteiger partial charge is 0.507 e. The molecule has 1 aromatic carbocycles. The summed E-state index contributed by atoms with van der Waals surface area (Å²) in [4.78, 5) is 16.2.